The Balaban J connectivity index is 2.78. The van der Waals surface area contributed by atoms with Crippen LogP contribution in [0.1, 0.15) is 24.8 Å². The highest BCUT2D eigenvalue weighted by Crippen LogP contribution is 2.25. The monoisotopic (exact) mass is 242 g/mol. The van der Waals surface area contributed by atoms with Crippen molar-refractivity contribution in [3.8, 4) is 5.75 Å². The Kier molecular flexibility index (Phi) is 5.12. The quantitative estimate of drug-likeness (QED) is 0.588. The van der Waals surface area contributed by atoms with Gasteiger partial charge in [0.05, 0.1) is 13.2 Å². The van der Waals surface area contributed by atoms with E-state index in [1.54, 1.807) is 25.1 Å². The lowest BCUT2D eigenvalue weighted by Gasteiger charge is -2.10. The summed E-state index contributed by atoms with van der Waals surface area (Å²) in [5.41, 5.74) is 0.686. The highest BCUT2D eigenvalue weighted by atomic mass is 35.5. The van der Waals surface area contributed by atoms with Crippen LogP contribution in [0, 0.1) is 0 Å². The summed E-state index contributed by atoms with van der Waals surface area (Å²) in [4.78, 5) is 11.4. The highest BCUT2D eigenvalue weighted by molar-refractivity contribution is 6.29. The fourth-order valence-corrected chi connectivity index (χ4v) is 1.48. The molecule has 0 aromatic heterocycles. The SMILES string of the molecule is CCOC(=O)C(Cl)c1cccc(OCC)c1. The molecule has 0 saturated carbocycles. The summed E-state index contributed by atoms with van der Waals surface area (Å²) >= 11 is 5.98. The van der Waals surface area contributed by atoms with Crippen molar-refractivity contribution < 1.29 is 14.3 Å². The summed E-state index contributed by atoms with van der Waals surface area (Å²) in [6.07, 6.45) is 0. The van der Waals surface area contributed by atoms with Crippen LogP contribution in [0.25, 0.3) is 0 Å². The molecule has 0 radical (unpaired) electrons. The van der Waals surface area contributed by atoms with Gasteiger partial charge in [0.1, 0.15) is 5.75 Å². The lowest BCUT2D eigenvalue weighted by atomic mass is 10.1. The summed E-state index contributed by atoms with van der Waals surface area (Å²) < 4.78 is 10.2. The number of rotatable bonds is 5. The number of carbonyl (C=O) groups excluding carboxylic acids is 1. The Labute approximate surface area is 100 Å². The summed E-state index contributed by atoms with van der Waals surface area (Å²) in [6, 6.07) is 7.14. The van der Waals surface area contributed by atoms with Gasteiger partial charge in [-0.15, -0.1) is 11.6 Å². The number of carbonyl (C=O) groups is 1. The third-order valence-corrected chi connectivity index (χ3v) is 2.39. The van der Waals surface area contributed by atoms with Crippen molar-refractivity contribution in [2.75, 3.05) is 13.2 Å². The van der Waals surface area contributed by atoms with Crippen LogP contribution >= 0.6 is 11.6 Å². The molecule has 1 unspecified atom stereocenters. The number of benzene rings is 1. The average molecular weight is 243 g/mol. The second-order valence-electron chi connectivity index (χ2n) is 3.12. The lowest BCUT2D eigenvalue weighted by Crippen LogP contribution is -2.11. The number of hydrogen-bond acceptors (Lipinski definition) is 3. The molecule has 1 atom stereocenters. The average Bonchev–Trinajstić information content (AvgIpc) is 2.29. The third kappa shape index (κ3) is 3.42. The van der Waals surface area contributed by atoms with Crippen molar-refractivity contribution in [1.82, 2.24) is 0 Å². The maximum atomic E-state index is 11.4. The van der Waals surface area contributed by atoms with E-state index >= 15 is 0 Å². The molecule has 0 aliphatic heterocycles. The first-order valence-electron chi connectivity index (χ1n) is 5.22. The van der Waals surface area contributed by atoms with E-state index in [4.69, 9.17) is 21.1 Å². The first kappa shape index (κ1) is 12.8. The van der Waals surface area contributed by atoms with Gasteiger partial charge >= 0.3 is 5.97 Å². The van der Waals surface area contributed by atoms with Crippen molar-refractivity contribution in [1.29, 1.82) is 0 Å². The molecule has 1 rings (SSSR count). The second kappa shape index (κ2) is 6.38. The van der Waals surface area contributed by atoms with Crippen molar-refractivity contribution in [3.63, 3.8) is 0 Å². The Bertz CT molecular complexity index is 352. The van der Waals surface area contributed by atoms with Crippen molar-refractivity contribution in [2.24, 2.45) is 0 Å². The molecule has 16 heavy (non-hydrogen) atoms. The molecule has 0 bridgehead atoms. The van der Waals surface area contributed by atoms with Gasteiger partial charge < -0.3 is 9.47 Å². The minimum atomic E-state index is -0.777. The molecule has 0 amide bonds. The van der Waals surface area contributed by atoms with E-state index in [1.807, 2.05) is 13.0 Å². The highest BCUT2D eigenvalue weighted by Gasteiger charge is 2.19. The number of ether oxygens (including phenoxy) is 2. The summed E-state index contributed by atoms with van der Waals surface area (Å²) in [5.74, 6) is 0.271. The van der Waals surface area contributed by atoms with Crippen LogP contribution in [-0.4, -0.2) is 19.2 Å². The van der Waals surface area contributed by atoms with Gasteiger partial charge in [-0.25, -0.2) is 0 Å². The summed E-state index contributed by atoms with van der Waals surface area (Å²) in [5, 5.41) is -0.777. The van der Waals surface area contributed by atoms with Gasteiger partial charge in [0, 0.05) is 0 Å². The standard InChI is InChI=1S/C12H15ClO3/c1-3-15-10-7-5-6-9(8-10)11(13)12(14)16-4-2/h5-8,11H,3-4H2,1-2H3. The van der Waals surface area contributed by atoms with Crippen LogP contribution in [0.15, 0.2) is 24.3 Å². The molecular weight excluding hydrogens is 228 g/mol. The van der Waals surface area contributed by atoms with Crippen LogP contribution in [0.5, 0.6) is 5.75 Å². The Morgan fingerprint density at radius 2 is 2.12 bits per heavy atom. The van der Waals surface area contributed by atoms with E-state index in [0.29, 0.717) is 24.5 Å². The van der Waals surface area contributed by atoms with E-state index < -0.39 is 11.3 Å². The van der Waals surface area contributed by atoms with Crippen LogP contribution in [0.3, 0.4) is 0 Å². The van der Waals surface area contributed by atoms with Crippen molar-refractivity contribution in [2.45, 2.75) is 19.2 Å². The number of alkyl halides is 1. The van der Waals surface area contributed by atoms with Crippen molar-refractivity contribution >= 4 is 17.6 Å². The maximum absolute atomic E-state index is 11.4. The maximum Gasteiger partial charge on any atom is 0.328 e. The van der Waals surface area contributed by atoms with Gasteiger partial charge in [-0.3, -0.25) is 4.79 Å². The molecule has 0 aliphatic carbocycles. The van der Waals surface area contributed by atoms with Gasteiger partial charge in [0.15, 0.2) is 5.38 Å². The summed E-state index contributed by atoms with van der Waals surface area (Å²) in [7, 11) is 0. The Hall–Kier alpha value is -1.22. The molecule has 1 aromatic rings. The van der Waals surface area contributed by atoms with Gasteiger partial charge in [0.25, 0.3) is 0 Å². The van der Waals surface area contributed by atoms with Gasteiger partial charge in [-0.2, -0.15) is 0 Å². The Morgan fingerprint density at radius 3 is 2.75 bits per heavy atom. The smallest absolute Gasteiger partial charge is 0.328 e. The minimum Gasteiger partial charge on any atom is -0.494 e. The Morgan fingerprint density at radius 1 is 1.38 bits per heavy atom. The minimum absolute atomic E-state index is 0.327. The van der Waals surface area contributed by atoms with Crippen LogP contribution in [-0.2, 0) is 9.53 Å². The molecule has 0 heterocycles. The van der Waals surface area contributed by atoms with Gasteiger partial charge in [-0.05, 0) is 31.5 Å². The molecule has 0 N–H and O–H groups in total. The number of esters is 1. The van der Waals surface area contributed by atoms with Crippen LogP contribution < -0.4 is 4.74 Å². The molecule has 0 aliphatic rings. The molecule has 88 valence electrons. The van der Waals surface area contributed by atoms with Gasteiger partial charge in [-0.1, -0.05) is 12.1 Å². The molecular formula is C12H15ClO3. The van der Waals surface area contributed by atoms with Crippen LogP contribution in [0.2, 0.25) is 0 Å². The van der Waals surface area contributed by atoms with E-state index in [2.05, 4.69) is 0 Å². The largest absolute Gasteiger partial charge is 0.494 e. The molecule has 4 heteroatoms. The molecule has 0 saturated heterocycles. The lowest BCUT2D eigenvalue weighted by molar-refractivity contribution is -0.142. The fourth-order valence-electron chi connectivity index (χ4n) is 1.28. The topological polar surface area (TPSA) is 35.5 Å². The number of halogens is 1. The molecule has 0 fully saturated rings. The van der Waals surface area contributed by atoms with E-state index in [-0.39, 0.29) is 0 Å². The van der Waals surface area contributed by atoms with E-state index in [1.165, 1.54) is 0 Å². The predicted molar refractivity (Wildman–Crippen MR) is 62.8 cm³/mol. The third-order valence-electron chi connectivity index (χ3n) is 1.96. The fraction of sp³-hybridized carbons (Fsp3) is 0.417. The molecule has 1 aromatic carbocycles. The van der Waals surface area contributed by atoms with E-state index in [9.17, 15) is 4.79 Å². The zero-order valence-electron chi connectivity index (χ0n) is 9.40. The normalized spacial score (nSPS) is 11.9. The first-order chi connectivity index (χ1) is 7.69. The second-order valence-corrected chi connectivity index (χ2v) is 3.56. The van der Waals surface area contributed by atoms with E-state index in [0.717, 1.165) is 0 Å². The predicted octanol–water partition coefficient (Wildman–Crippen LogP) is 2.93. The molecule has 3 nitrogen and oxygen atoms in total. The zero-order valence-corrected chi connectivity index (χ0v) is 10.2. The zero-order chi connectivity index (χ0) is 12.0. The summed E-state index contributed by atoms with van der Waals surface area (Å²) in [6.45, 7) is 4.55. The van der Waals surface area contributed by atoms with Gasteiger partial charge in [0.2, 0.25) is 0 Å². The number of hydrogen-bond donors (Lipinski definition) is 0. The first-order valence-corrected chi connectivity index (χ1v) is 5.66. The molecule has 0 spiro atoms. The van der Waals surface area contributed by atoms with Crippen molar-refractivity contribution in [3.05, 3.63) is 29.8 Å². The van der Waals surface area contributed by atoms with Crippen LogP contribution in [0.4, 0.5) is 0 Å².